The van der Waals surface area contributed by atoms with E-state index in [2.05, 4.69) is 4.99 Å². The Morgan fingerprint density at radius 3 is 2.64 bits per heavy atom. The molecular formula is C16H22N2O4. The van der Waals surface area contributed by atoms with Gasteiger partial charge in [0.15, 0.2) is 11.5 Å². The second-order valence-corrected chi connectivity index (χ2v) is 5.02. The van der Waals surface area contributed by atoms with Gasteiger partial charge in [-0.15, -0.1) is 0 Å². The first-order valence-electron chi connectivity index (χ1n) is 7.28. The van der Waals surface area contributed by atoms with E-state index in [0.717, 1.165) is 5.56 Å². The van der Waals surface area contributed by atoms with Gasteiger partial charge in [-0.25, -0.2) is 4.99 Å². The number of hydrogen-bond donors (Lipinski definition) is 0. The molecule has 1 heterocycles. The maximum Gasteiger partial charge on any atom is 0.247 e. The molecule has 0 fully saturated rings. The van der Waals surface area contributed by atoms with E-state index in [1.54, 1.807) is 26.0 Å². The number of carbonyl (C=O) groups excluding carboxylic acids is 1. The number of hydrogen-bond acceptors (Lipinski definition) is 5. The lowest BCUT2D eigenvalue weighted by molar-refractivity contribution is -0.132. The third-order valence-corrected chi connectivity index (χ3v) is 3.47. The third-order valence-electron chi connectivity index (χ3n) is 3.47. The molecule has 6 nitrogen and oxygen atoms in total. The van der Waals surface area contributed by atoms with Crippen LogP contribution in [0, 0.1) is 0 Å². The van der Waals surface area contributed by atoms with E-state index in [4.69, 9.17) is 14.2 Å². The molecule has 1 aliphatic heterocycles. The van der Waals surface area contributed by atoms with Crippen molar-refractivity contribution in [1.29, 1.82) is 0 Å². The molecule has 0 aromatic heterocycles. The number of benzene rings is 1. The molecule has 2 rings (SSSR count). The van der Waals surface area contributed by atoms with Gasteiger partial charge in [-0.05, 0) is 31.5 Å². The molecule has 22 heavy (non-hydrogen) atoms. The van der Waals surface area contributed by atoms with Crippen LogP contribution in [0.5, 0.6) is 11.5 Å². The van der Waals surface area contributed by atoms with Gasteiger partial charge in [0.2, 0.25) is 11.8 Å². The fourth-order valence-electron chi connectivity index (χ4n) is 2.40. The molecule has 0 spiro atoms. The van der Waals surface area contributed by atoms with Crippen molar-refractivity contribution in [3.63, 3.8) is 0 Å². The second kappa shape index (κ2) is 7.15. The molecule has 120 valence electrons. The molecule has 0 aliphatic carbocycles. The van der Waals surface area contributed by atoms with Gasteiger partial charge in [0, 0.05) is 6.54 Å². The Morgan fingerprint density at radius 1 is 1.27 bits per heavy atom. The monoisotopic (exact) mass is 306 g/mol. The van der Waals surface area contributed by atoms with Crippen LogP contribution in [0.4, 0.5) is 0 Å². The minimum Gasteiger partial charge on any atom is -0.493 e. The van der Waals surface area contributed by atoms with Gasteiger partial charge < -0.3 is 19.1 Å². The van der Waals surface area contributed by atoms with Gasteiger partial charge >= 0.3 is 0 Å². The van der Waals surface area contributed by atoms with Crippen LogP contribution < -0.4 is 9.47 Å². The topological polar surface area (TPSA) is 60.4 Å². The smallest absolute Gasteiger partial charge is 0.247 e. The number of nitrogens with zero attached hydrogens (tertiary/aromatic N) is 2. The van der Waals surface area contributed by atoms with E-state index >= 15 is 0 Å². The highest BCUT2D eigenvalue weighted by Gasteiger charge is 2.27. The van der Waals surface area contributed by atoms with Gasteiger partial charge in [-0.2, -0.15) is 0 Å². The zero-order valence-electron chi connectivity index (χ0n) is 13.5. The Hall–Kier alpha value is -2.24. The molecule has 0 bridgehead atoms. The van der Waals surface area contributed by atoms with E-state index < -0.39 is 6.04 Å². The molecule has 1 amide bonds. The van der Waals surface area contributed by atoms with E-state index in [9.17, 15) is 4.79 Å². The van der Waals surface area contributed by atoms with Gasteiger partial charge in [-0.3, -0.25) is 4.79 Å². The number of methoxy groups -OCH3 is 2. The fraction of sp³-hybridized carbons (Fsp3) is 0.500. The normalized spacial score (nSPS) is 18.0. The molecule has 1 aromatic rings. The van der Waals surface area contributed by atoms with Crippen molar-refractivity contribution in [1.82, 2.24) is 4.90 Å². The first-order chi connectivity index (χ1) is 10.6. The van der Waals surface area contributed by atoms with Crippen molar-refractivity contribution in [3.8, 4) is 11.5 Å². The summed E-state index contributed by atoms with van der Waals surface area (Å²) in [6, 6.07) is 5.23. The Kier molecular flexibility index (Phi) is 5.25. The lowest BCUT2D eigenvalue weighted by Gasteiger charge is -2.29. The molecule has 0 N–H and O–H groups in total. The standard InChI is InChI=1S/C16H22N2O4/c1-5-22-15-10-18(16(19)11(2)17-15)9-12-6-7-13(20-3)14(8-12)21-4/h6-8,11H,5,9-10H2,1-4H3/t11-/m0/s1. The second-order valence-electron chi connectivity index (χ2n) is 5.02. The van der Waals surface area contributed by atoms with Gasteiger partial charge in [0.25, 0.3) is 0 Å². The molecule has 6 heteroatoms. The van der Waals surface area contributed by atoms with Gasteiger partial charge in [0.05, 0.1) is 27.4 Å². The quantitative estimate of drug-likeness (QED) is 0.833. The molecule has 1 atom stereocenters. The predicted molar refractivity (Wildman–Crippen MR) is 83.5 cm³/mol. The molecule has 1 aromatic carbocycles. The van der Waals surface area contributed by atoms with Crippen molar-refractivity contribution < 1.29 is 19.0 Å². The van der Waals surface area contributed by atoms with Crippen molar-refractivity contribution in [2.24, 2.45) is 4.99 Å². The lowest BCUT2D eigenvalue weighted by atomic mass is 10.1. The number of rotatable bonds is 5. The molecule has 0 unspecified atom stereocenters. The van der Waals surface area contributed by atoms with Crippen LogP contribution in [0.1, 0.15) is 19.4 Å². The van der Waals surface area contributed by atoms with Gasteiger partial charge in [-0.1, -0.05) is 6.07 Å². The average Bonchev–Trinajstić information content (AvgIpc) is 2.52. The van der Waals surface area contributed by atoms with E-state index in [-0.39, 0.29) is 5.91 Å². The minimum absolute atomic E-state index is 0.00163. The third kappa shape index (κ3) is 3.50. The highest BCUT2D eigenvalue weighted by atomic mass is 16.5. The van der Waals surface area contributed by atoms with E-state index in [0.29, 0.717) is 37.1 Å². The van der Waals surface area contributed by atoms with E-state index in [1.165, 1.54) is 0 Å². The Morgan fingerprint density at radius 2 is 2.00 bits per heavy atom. The van der Waals surface area contributed by atoms with Crippen molar-refractivity contribution in [2.45, 2.75) is 26.4 Å². The summed E-state index contributed by atoms with van der Waals surface area (Å²) in [5.41, 5.74) is 0.968. The number of aliphatic imine (C=N–C) groups is 1. The lowest BCUT2D eigenvalue weighted by Crippen LogP contribution is -2.45. The summed E-state index contributed by atoms with van der Waals surface area (Å²) in [6.45, 7) is 5.11. The summed E-state index contributed by atoms with van der Waals surface area (Å²) in [6.07, 6.45) is 0. The Labute approximate surface area is 130 Å². The number of carbonyl (C=O) groups is 1. The molecule has 1 aliphatic rings. The van der Waals surface area contributed by atoms with Crippen molar-refractivity contribution in [2.75, 3.05) is 27.4 Å². The fourth-order valence-corrected chi connectivity index (χ4v) is 2.40. The van der Waals surface area contributed by atoms with Gasteiger partial charge in [0.1, 0.15) is 6.04 Å². The maximum absolute atomic E-state index is 12.3. The predicted octanol–water partition coefficient (Wildman–Crippen LogP) is 1.87. The average molecular weight is 306 g/mol. The van der Waals surface area contributed by atoms with Crippen LogP contribution in [0.3, 0.4) is 0 Å². The highest BCUT2D eigenvalue weighted by molar-refractivity contribution is 5.93. The van der Waals surface area contributed by atoms with Crippen LogP contribution in [0.2, 0.25) is 0 Å². The molecular weight excluding hydrogens is 284 g/mol. The van der Waals surface area contributed by atoms with Crippen LogP contribution >= 0.6 is 0 Å². The zero-order chi connectivity index (χ0) is 16.1. The first-order valence-corrected chi connectivity index (χ1v) is 7.28. The maximum atomic E-state index is 12.3. The van der Waals surface area contributed by atoms with Crippen LogP contribution in [0.15, 0.2) is 23.2 Å². The number of ether oxygens (including phenoxy) is 3. The Bertz CT molecular complexity index is 571. The van der Waals surface area contributed by atoms with Crippen molar-refractivity contribution >= 4 is 11.8 Å². The minimum atomic E-state index is -0.407. The Balaban J connectivity index is 2.16. The summed E-state index contributed by atoms with van der Waals surface area (Å²) >= 11 is 0. The summed E-state index contributed by atoms with van der Waals surface area (Å²) in [5, 5.41) is 0. The van der Waals surface area contributed by atoms with Crippen LogP contribution in [-0.4, -0.2) is 50.1 Å². The van der Waals surface area contributed by atoms with Crippen LogP contribution in [-0.2, 0) is 16.1 Å². The summed E-state index contributed by atoms with van der Waals surface area (Å²) in [7, 11) is 3.19. The first kappa shape index (κ1) is 16.1. The molecule has 0 saturated carbocycles. The summed E-state index contributed by atoms with van der Waals surface area (Å²) in [5.74, 6) is 1.92. The number of amides is 1. The van der Waals surface area contributed by atoms with Crippen molar-refractivity contribution in [3.05, 3.63) is 23.8 Å². The molecule has 0 saturated heterocycles. The zero-order valence-corrected chi connectivity index (χ0v) is 13.5. The molecule has 0 radical (unpaired) electrons. The van der Waals surface area contributed by atoms with E-state index in [1.807, 2.05) is 25.1 Å². The van der Waals surface area contributed by atoms with Crippen LogP contribution in [0.25, 0.3) is 0 Å². The summed E-state index contributed by atoms with van der Waals surface area (Å²) in [4.78, 5) is 18.3. The SMILES string of the molecule is CCOC1=N[C@@H](C)C(=O)N(Cc2ccc(OC)c(OC)c2)C1. The highest BCUT2D eigenvalue weighted by Crippen LogP contribution is 2.28. The largest absolute Gasteiger partial charge is 0.493 e. The summed E-state index contributed by atoms with van der Waals surface area (Å²) < 4.78 is 16.0.